The van der Waals surface area contributed by atoms with Gasteiger partial charge in [0, 0.05) is 38.2 Å². The first-order chi connectivity index (χ1) is 11.4. The van der Waals surface area contributed by atoms with Crippen LogP contribution in [0.3, 0.4) is 0 Å². The summed E-state index contributed by atoms with van der Waals surface area (Å²) < 4.78 is 22.9. The number of hydrogen-bond donors (Lipinski definition) is 2. The van der Waals surface area contributed by atoms with E-state index in [0.717, 1.165) is 29.2 Å². The molecular weight excluding hydrogens is 471 g/mol. The molecule has 0 saturated carbocycles. The molecule has 0 aliphatic rings. The second-order valence-electron chi connectivity index (χ2n) is 5.38. The summed E-state index contributed by atoms with van der Waals surface area (Å²) >= 11 is 1.65. The monoisotopic (exact) mass is 494 g/mol. The fraction of sp³-hybridized carbons (Fsp3) is 0.375. The van der Waals surface area contributed by atoms with Gasteiger partial charge in [-0.05, 0) is 24.6 Å². The molecule has 1 aromatic heterocycles. The molecule has 0 radical (unpaired) electrons. The largest absolute Gasteiger partial charge is 0.356 e. The van der Waals surface area contributed by atoms with E-state index in [9.17, 15) is 8.42 Å². The highest BCUT2D eigenvalue weighted by Gasteiger charge is 2.06. The fourth-order valence-electron chi connectivity index (χ4n) is 2.09. The summed E-state index contributed by atoms with van der Waals surface area (Å²) in [5.74, 6) is 0.703. The number of thiazole rings is 1. The minimum absolute atomic E-state index is 0. The van der Waals surface area contributed by atoms with Crippen LogP contribution >= 0.6 is 35.3 Å². The molecule has 0 saturated heterocycles. The van der Waals surface area contributed by atoms with Gasteiger partial charge in [0.25, 0.3) is 0 Å². The van der Waals surface area contributed by atoms with E-state index in [4.69, 9.17) is 0 Å². The highest BCUT2D eigenvalue weighted by molar-refractivity contribution is 14.0. The number of guanidine groups is 1. The molecule has 0 atom stereocenters. The summed E-state index contributed by atoms with van der Waals surface area (Å²) in [5.41, 5.74) is 2.07. The number of nitrogens with one attached hydrogen (secondary N) is 2. The van der Waals surface area contributed by atoms with Crippen LogP contribution in [-0.2, 0) is 22.8 Å². The Morgan fingerprint density at radius 1 is 1.24 bits per heavy atom. The Morgan fingerprint density at radius 2 is 1.92 bits per heavy atom. The molecule has 0 bridgehead atoms. The van der Waals surface area contributed by atoms with E-state index >= 15 is 0 Å². The van der Waals surface area contributed by atoms with Gasteiger partial charge in [-0.25, -0.2) is 13.4 Å². The topological polar surface area (TPSA) is 83.4 Å². The first-order valence-corrected chi connectivity index (χ1v) is 10.3. The molecule has 2 N–H and O–H groups in total. The number of sulfone groups is 1. The molecule has 0 fully saturated rings. The molecule has 0 amide bonds. The van der Waals surface area contributed by atoms with Crippen LogP contribution in [0.4, 0.5) is 0 Å². The van der Waals surface area contributed by atoms with Gasteiger partial charge in [0.05, 0.1) is 15.6 Å². The molecule has 138 valence electrons. The van der Waals surface area contributed by atoms with Crippen molar-refractivity contribution in [1.29, 1.82) is 0 Å². The molecule has 25 heavy (non-hydrogen) atoms. The lowest BCUT2D eigenvalue weighted by Gasteiger charge is -2.11. The highest BCUT2D eigenvalue weighted by atomic mass is 127. The van der Waals surface area contributed by atoms with Crippen molar-refractivity contribution < 1.29 is 8.42 Å². The van der Waals surface area contributed by atoms with E-state index in [1.807, 2.05) is 6.92 Å². The van der Waals surface area contributed by atoms with Crippen LogP contribution in [0.15, 0.2) is 39.5 Å². The lowest BCUT2D eigenvalue weighted by atomic mass is 10.2. The molecular formula is C16H23IN4O2S2. The Bertz CT molecular complexity index is 802. The van der Waals surface area contributed by atoms with Crippen LogP contribution in [0.5, 0.6) is 0 Å². The van der Waals surface area contributed by atoms with E-state index < -0.39 is 9.84 Å². The molecule has 1 heterocycles. The van der Waals surface area contributed by atoms with Gasteiger partial charge >= 0.3 is 0 Å². The van der Waals surface area contributed by atoms with Crippen LogP contribution in [0.1, 0.15) is 16.3 Å². The number of aryl methyl sites for hydroxylation is 1. The predicted octanol–water partition coefficient (Wildman–Crippen LogP) is 2.38. The van der Waals surface area contributed by atoms with Crippen LogP contribution in [0.2, 0.25) is 0 Å². The quantitative estimate of drug-likeness (QED) is 0.366. The molecule has 0 aliphatic carbocycles. The van der Waals surface area contributed by atoms with Crippen molar-refractivity contribution in [2.45, 2.75) is 24.8 Å². The Hall–Kier alpha value is -1.20. The summed E-state index contributed by atoms with van der Waals surface area (Å²) in [5, 5.41) is 9.59. The van der Waals surface area contributed by atoms with Crippen LogP contribution in [0.25, 0.3) is 0 Å². The van der Waals surface area contributed by atoms with Crippen LogP contribution in [-0.4, -0.2) is 39.2 Å². The lowest BCUT2D eigenvalue weighted by Crippen LogP contribution is -2.37. The van der Waals surface area contributed by atoms with E-state index in [2.05, 4.69) is 26.0 Å². The van der Waals surface area contributed by atoms with Gasteiger partial charge in [-0.1, -0.05) is 12.1 Å². The number of aliphatic imine (C=N–C) groups is 1. The van der Waals surface area contributed by atoms with Gasteiger partial charge in [0.15, 0.2) is 15.8 Å². The van der Waals surface area contributed by atoms with E-state index in [0.29, 0.717) is 17.4 Å². The fourth-order valence-corrected chi connectivity index (χ4v) is 3.37. The van der Waals surface area contributed by atoms with Crippen molar-refractivity contribution in [2.24, 2.45) is 4.99 Å². The third-order valence-corrected chi connectivity index (χ3v) is 5.33. The number of halogens is 1. The van der Waals surface area contributed by atoms with Crippen molar-refractivity contribution in [2.75, 3.05) is 19.8 Å². The van der Waals surface area contributed by atoms with Crippen molar-refractivity contribution in [1.82, 2.24) is 15.6 Å². The maximum Gasteiger partial charge on any atom is 0.191 e. The van der Waals surface area contributed by atoms with Gasteiger partial charge in [0.1, 0.15) is 0 Å². The third-order valence-electron chi connectivity index (χ3n) is 3.38. The van der Waals surface area contributed by atoms with Crippen molar-refractivity contribution in [3.63, 3.8) is 0 Å². The molecule has 1 aromatic carbocycles. The van der Waals surface area contributed by atoms with Gasteiger partial charge in [-0.2, -0.15) is 0 Å². The Labute approximate surface area is 170 Å². The summed E-state index contributed by atoms with van der Waals surface area (Å²) in [6, 6.07) is 6.84. The maximum atomic E-state index is 11.4. The molecule has 0 unspecified atom stereocenters. The second kappa shape index (κ2) is 10.1. The van der Waals surface area contributed by atoms with Crippen molar-refractivity contribution >= 4 is 51.1 Å². The smallest absolute Gasteiger partial charge is 0.191 e. The summed E-state index contributed by atoms with van der Waals surface area (Å²) in [4.78, 5) is 8.93. The minimum atomic E-state index is -3.15. The van der Waals surface area contributed by atoms with E-state index in [-0.39, 0.29) is 24.0 Å². The first kappa shape index (κ1) is 21.8. The van der Waals surface area contributed by atoms with E-state index in [1.165, 1.54) is 6.26 Å². The third kappa shape index (κ3) is 7.28. The number of benzene rings is 1. The molecule has 9 heteroatoms. The maximum absolute atomic E-state index is 11.4. The Kier molecular flexibility index (Phi) is 8.80. The van der Waals surface area contributed by atoms with Crippen molar-refractivity contribution in [3.05, 3.63) is 45.9 Å². The van der Waals surface area contributed by atoms with Gasteiger partial charge in [0.2, 0.25) is 0 Å². The highest BCUT2D eigenvalue weighted by Crippen LogP contribution is 2.10. The average molecular weight is 494 g/mol. The zero-order valence-corrected chi connectivity index (χ0v) is 18.4. The molecule has 2 rings (SSSR count). The minimum Gasteiger partial charge on any atom is -0.356 e. The molecule has 6 nitrogen and oxygen atoms in total. The number of rotatable bonds is 6. The first-order valence-electron chi connectivity index (χ1n) is 7.53. The number of aromatic nitrogens is 1. The zero-order valence-electron chi connectivity index (χ0n) is 14.4. The number of hydrogen-bond acceptors (Lipinski definition) is 5. The Morgan fingerprint density at radius 3 is 2.44 bits per heavy atom. The van der Waals surface area contributed by atoms with Crippen molar-refractivity contribution in [3.8, 4) is 0 Å². The summed E-state index contributed by atoms with van der Waals surface area (Å²) in [6.07, 6.45) is 2.05. The summed E-state index contributed by atoms with van der Waals surface area (Å²) in [7, 11) is -1.44. The average Bonchev–Trinajstić information content (AvgIpc) is 2.95. The van der Waals surface area contributed by atoms with Gasteiger partial charge in [-0.15, -0.1) is 35.3 Å². The van der Waals surface area contributed by atoms with E-state index in [1.54, 1.807) is 42.6 Å². The normalized spacial score (nSPS) is 11.7. The number of nitrogens with zero attached hydrogens (tertiary/aromatic N) is 2. The lowest BCUT2D eigenvalue weighted by molar-refractivity contribution is 0.602. The Balaban J connectivity index is 0.00000312. The molecule has 2 aromatic rings. The van der Waals surface area contributed by atoms with Crippen LogP contribution in [0, 0.1) is 6.92 Å². The predicted molar refractivity (Wildman–Crippen MR) is 114 cm³/mol. The van der Waals surface area contributed by atoms with Crippen LogP contribution < -0.4 is 10.6 Å². The zero-order chi connectivity index (χ0) is 17.6. The standard InChI is InChI=1S/C16H22N4O2S2.HI/c1-12-20-14(11-23-12)8-9-18-16(17-2)19-10-13-4-6-15(7-5-13)24(3,21)22;/h4-7,11H,8-10H2,1-3H3,(H2,17,18,19);1H. The van der Waals surface area contributed by atoms with Gasteiger partial charge in [-0.3, -0.25) is 4.99 Å². The second-order valence-corrected chi connectivity index (χ2v) is 8.45. The van der Waals surface area contributed by atoms with Gasteiger partial charge < -0.3 is 10.6 Å². The molecule has 0 aliphatic heterocycles. The summed E-state index contributed by atoms with van der Waals surface area (Å²) in [6.45, 7) is 3.31. The molecule has 0 spiro atoms. The SMILES string of the molecule is CN=C(NCCc1csc(C)n1)NCc1ccc(S(C)(=O)=O)cc1.I.